The van der Waals surface area contributed by atoms with Gasteiger partial charge in [0.1, 0.15) is 0 Å². The van der Waals surface area contributed by atoms with E-state index in [9.17, 15) is 9.59 Å². The number of thiophene rings is 1. The third-order valence-corrected chi connectivity index (χ3v) is 4.45. The van der Waals surface area contributed by atoms with Crippen LogP contribution in [-0.2, 0) is 16.0 Å². The number of amides is 1. The van der Waals surface area contributed by atoms with Crippen molar-refractivity contribution in [3.8, 4) is 0 Å². The smallest absolute Gasteiger partial charge is 0.306 e. The van der Waals surface area contributed by atoms with E-state index < -0.39 is 5.97 Å². The topological polar surface area (TPSA) is 66.4 Å². The van der Waals surface area contributed by atoms with Crippen molar-refractivity contribution in [1.82, 2.24) is 5.32 Å². The number of nitrogens with one attached hydrogen (secondary N) is 1. The second kappa shape index (κ2) is 9.55. The predicted octanol–water partition coefficient (Wildman–Crippen LogP) is 3.47. The summed E-state index contributed by atoms with van der Waals surface area (Å²) in [6.45, 7) is 3.69. The zero-order chi connectivity index (χ0) is 15.7. The molecule has 118 valence electrons. The van der Waals surface area contributed by atoms with E-state index in [4.69, 9.17) is 5.11 Å². The van der Waals surface area contributed by atoms with Gasteiger partial charge in [0, 0.05) is 17.3 Å². The van der Waals surface area contributed by atoms with Gasteiger partial charge in [-0.25, -0.2) is 0 Å². The molecular formula is C16H25NO3S. The maximum absolute atomic E-state index is 11.8. The van der Waals surface area contributed by atoms with E-state index in [-0.39, 0.29) is 17.9 Å². The first-order chi connectivity index (χ1) is 9.99. The van der Waals surface area contributed by atoms with Gasteiger partial charge in [0.2, 0.25) is 5.91 Å². The Morgan fingerprint density at radius 2 is 2.05 bits per heavy atom. The summed E-state index contributed by atoms with van der Waals surface area (Å²) in [6, 6.07) is 4.23. The molecule has 0 bridgehead atoms. The lowest BCUT2D eigenvalue weighted by Gasteiger charge is -2.14. The summed E-state index contributed by atoms with van der Waals surface area (Å²) in [7, 11) is 0. The van der Waals surface area contributed by atoms with Crippen LogP contribution in [-0.4, -0.2) is 23.0 Å². The number of rotatable bonds is 10. The van der Waals surface area contributed by atoms with Crippen LogP contribution in [0.2, 0.25) is 0 Å². The second-order valence-electron chi connectivity index (χ2n) is 5.57. The molecule has 5 heteroatoms. The third-order valence-electron chi connectivity index (χ3n) is 3.51. The van der Waals surface area contributed by atoms with Crippen LogP contribution in [0.3, 0.4) is 0 Å². The number of carboxylic acids is 1. The minimum atomic E-state index is -0.750. The lowest BCUT2D eigenvalue weighted by Crippen LogP contribution is -2.32. The molecule has 0 spiro atoms. The monoisotopic (exact) mass is 311 g/mol. The lowest BCUT2D eigenvalue weighted by molar-refractivity contribution is -0.141. The first-order valence-corrected chi connectivity index (χ1v) is 8.41. The van der Waals surface area contributed by atoms with Crippen LogP contribution in [0.5, 0.6) is 0 Å². The average molecular weight is 311 g/mol. The van der Waals surface area contributed by atoms with Crippen molar-refractivity contribution in [2.45, 2.75) is 58.4 Å². The van der Waals surface area contributed by atoms with Crippen molar-refractivity contribution in [2.24, 2.45) is 5.92 Å². The van der Waals surface area contributed by atoms with E-state index in [2.05, 4.69) is 16.8 Å². The Bertz CT molecular complexity index is 431. The van der Waals surface area contributed by atoms with Crippen LogP contribution < -0.4 is 5.32 Å². The number of hydrogen-bond donors (Lipinski definition) is 2. The highest BCUT2D eigenvalue weighted by Crippen LogP contribution is 2.12. The molecule has 2 unspecified atom stereocenters. The van der Waals surface area contributed by atoms with Gasteiger partial charge in [0.15, 0.2) is 0 Å². The molecule has 0 aliphatic heterocycles. The van der Waals surface area contributed by atoms with Crippen molar-refractivity contribution in [3.05, 3.63) is 22.4 Å². The molecule has 21 heavy (non-hydrogen) atoms. The number of aryl methyl sites for hydroxylation is 1. The largest absolute Gasteiger partial charge is 0.481 e. The van der Waals surface area contributed by atoms with E-state index in [0.717, 1.165) is 25.7 Å². The number of carbonyl (C=O) groups is 2. The summed E-state index contributed by atoms with van der Waals surface area (Å²) < 4.78 is 0. The number of carboxylic acid groups (broad SMARTS) is 1. The molecular weight excluding hydrogens is 286 g/mol. The van der Waals surface area contributed by atoms with Gasteiger partial charge in [-0.05, 0) is 44.1 Å². The molecule has 0 aliphatic rings. The molecule has 0 fully saturated rings. The van der Waals surface area contributed by atoms with Crippen LogP contribution in [0.1, 0.15) is 50.8 Å². The number of aliphatic carboxylic acids is 1. The fourth-order valence-electron chi connectivity index (χ4n) is 2.15. The first-order valence-electron chi connectivity index (χ1n) is 7.53. The molecule has 0 aromatic carbocycles. The van der Waals surface area contributed by atoms with Gasteiger partial charge in [-0.15, -0.1) is 11.3 Å². The van der Waals surface area contributed by atoms with Crippen LogP contribution in [0.25, 0.3) is 0 Å². The fourth-order valence-corrected chi connectivity index (χ4v) is 2.90. The summed E-state index contributed by atoms with van der Waals surface area (Å²) in [5.74, 6) is -0.968. The maximum Gasteiger partial charge on any atom is 0.306 e. The minimum absolute atomic E-state index is 0.0883. The molecule has 1 heterocycles. The Hall–Kier alpha value is -1.36. The Morgan fingerprint density at radius 3 is 2.67 bits per heavy atom. The average Bonchev–Trinajstić information content (AvgIpc) is 2.91. The molecule has 0 radical (unpaired) electrons. The van der Waals surface area contributed by atoms with Crippen LogP contribution >= 0.6 is 11.3 Å². The Morgan fingerprint density at radius 1 is 1.29 bits per heavy atom. The molecule has 1 amide bonds. The highest BCUT2D eigenvalue weighted by molar-refractivity contribution is 7.09. The molecule has 0 saturated carbocycles. The summed E-state index contributed by atoms with van der Waals surface area (Å²) in [4.78, 5) is 23.8. The number of carbonyl (C=O) groups excluding carboxylic acids is 1. The minimum Gasteiger partial charge on any atom is -0.481 e. The quantitative estimate of drug-likeness (QED) is 0.695. The SMILES string of the molecule is CC(CCCC(C)C(=O)O)NC(=O)CCCc1cccs1. The number of hydrogen-bond acceptors (Lipinski definition) is 3. The predicted molar refractivity (Wildman–Crippen MR) is 85.5 cm³/mol. The Balaban J connectivity index is 2.08. The van der Waals surface area contributed by atoms with Gasteiger partial charge < -0.3 is 10.4 Å². The van der Waals surface area contributed by atoms with Crippen LogP contribution in [0.15, 0.2) is 17.5 Å². The summed E-state index contributed by atoms with van der Waals surface area (Å²) in [5.41, 5.74) is 0. The van der Waals surface area contributed by atoms with E-state index in [1.165, 1.54) is 4.88 Å². The highest BCUT2D eigenvalue weighted by Gasteiger charge is 2.12. The maximum atomic E-state index is 11.8. The van der Waals surface area contributed by atoms with E-state index in [1.807, 2.05) is 13.0 Å². The summed E-state index contributed by atoms with van der Waals surface area (Å²) in [6.07, 6.45) is 4.69. The standard InChI is InChI=1S/C16H25NO3S/c1-12(16(19)20)6-3-7-13(2)17-15(18)10-4-8-14-9-5-11-21-14/h5,9,11-13H,3-4,6-8,10H2,1-2H3,(H,17,18)(H,19,20). The van der Waals surface area contributed by atoms with Gasteiger partial charge in [0.05, 0.1) is 5.92 Å². The molecule has 1 aromatic rings. The molecule has 2 atom stereocenters. The van der Waals surface area contributed by atoms with Crippen LogP contribution in [0, 0.1) is 5.92 Å². The van der Waals surface area contributed by atoms with Gasteiger partial charge in [-0.1, -0.05) is 19.4 Å². The molecule has 4 nitrogen and oxygen atoms in total. The van der Waals surface area contributed by atoms with Crippen molar-refractivity contribution >= 4 is 23.2 Å². The Kier molecular flexibility index (Phi) is 8.05. The third kappa shape index (κ3) is 7.85. The van der Waals surface area contributed by atoms with Crippen LogP contribution in [0.4, 0.5) is 0 Å². The normalized spacial score (nSPS) is 13.6. The van der Waals surface area contributed by atoms with Crippen molar-refractivity contribution in [2.75, 3.05) is 0 Å². The van der Waals surface area contributed by atoms with E-state index in [0.29, 0.717) is 12.8 Å². The van der Waals surface area contributed by atoms with Gasteiger partial charge in [-0.3, -0.25) is 9.59 Å². The van der Waals surface area contributed by atoms with Crippen molar-refractivity contribution in [1.29, 1.82) is 0 Å². The molecule has 1 rings (SSSR count). The zero-order valence-electron chi connectivity index (χ0n) is 12.8. The van der Waals surface area contributed by atoms with Crippen molar-refractivity contribution in [3.63, 3.8) is 0 Å². The van der Waals surface area contributed by atoms with Gasteiger partial charge in [-0.2, -0.15) is 0 Å². The Labute approximate surface area is 130 Å². The lowest BCUT2D eigenvalue weighted by atomic mass is 10.0. The van der Waals surface area contributed by atoms with Gasteiger partial charge in [0.25, 0.3) is 0 Å². The molecule has 0 saturated heterocycles. The summed E-state index contributed by atoms with van der Waals surface area (Å²) in [5, 5.41) is 13.8. The van der Waals surface area contributed by atoms with Crippen molar-refractivity contribution < 1.29 is 14.7 Å². The molecule has 1 aromatic heterocycles. The highest BCUT2D eigenvalue weighted by atomic mass is 32.1. The van der Waals surface area contributed by atoms with Gasteiger partial charge >= 0.3 is 5.97 Å². The zero-order valence-corrected chi connectivity index (χ0v) is 13.6. The molecule has 2 N–H and O–H groups in total. The van der Waals surface area contributed by atoms with E-state index >= 15 is 0 Å². The summed E-state index contributed by atoms with van der Waals surface area (Å²) >= 11 is 1.72. The molecule has 0 aliphatic carbocycles. The second-order valence-corrected chi connectivity index (χ2v) is 6.60. The first kappa shape index (κ1) is 17.7. The van der Waals surface area contributed by atoms with E-state index in [1.54, 1.807) is 18.3 Å². The fraction of sp³-hybridized carbons (Fsp3) is 0.625.